The van der Waals surface area contributed by atoms with Crippen LogP contribution in [0.25, 0.3) is 0 Å². The summed E-state index contributed by atoms with van der Waals surface area (Å²) in [5.74, 6) is 0.166. The van der Waals surface area contributed by atoms with Crippen molar-refractivity contribution in [3.05, 3.63) is 23.8 Å². The zero-order valence-corrected chi connectivity index (χ0v) is 8.69. The van der Waals surface area contributed by atoms with Crippen molar-refractivity contribution in [2.45, 2.75) is 0 Å². The van der Waals surface area contributed by atoms with Crippen LogP contribution in [0.2, 0.25) is 0 Å². The molecule has 0 bridgehead atoms. The van der Waals surface area contributed by atoms with Crippen LogP contribution >= 0.6 is 0 Å². The first kappa shape index (κ1) is 12.6. The molecule has 0 saturated carbocycles. The molecule has 0 spiro atoms. The van der Waals surface area contributed by atoms with Crippen LogP contribution in [0.1, 0.15) is 0 Å². The first-order valence-electron chi connectivity index (χ1n) is 4.74. The van der Waals surface area contributed by atoms with Gasteiger partial charge in [0.25, 0.3) is 0 Å². The number of rotatable bonds is 5. The number of allylic oxidation sites excluding steroid dienone is 2. The fourth-order valence-corrected chi connectivity index (χ4v) is 1.31. The van der Waals surface area contributed by atoms with Crippen molar-refractivity contribution < 1.29 is 20.6 Å². The molecule has 1 rings (SSSR count). The van der Waals surface area contributed by atoms with Crippen molar-refractivity contribution in [3.8, 4) is 0 Å². The van der Waals surface area contributed by atoms with E-state index in [4.69, 9.17) is 15.9 Å². The molecule has 0 unspecified atom stereocenters. The summed E-state index contributed by atoms with van der Waals surface area (Å²) < 4.78 is 0. The Kier molecular flexibility index (Phi) is 4.38. The molecule has 6 N–H and O–H groups in total. The SMILES string of the molecule is NC1=CC=C(N(CCO)CCO)N(O)N1O. The van der Waals surface area contributed by atoms with E-state index in [1.165, 1.54) is 17.1 Å². The molecule has 0 aromatic carbocycles. The molecule has 0 fully saturated rings. The van der Waals surface area contributed by atoms with E-state index in [9.17, 15) is 10.4 Å². The van der Waals surface area contributed by atoms with Gasteiger partial charge in [-0.05, 0) is 12.2 Å². The lowest BCUT2D eigenvalue weighted by Crippen LogP contribution is -2.47. The highest BCUT2D eigenvalue weighted by atomic mass is 16.7. The molecular formula is C8H16N4O4. The lowest BCUT2D eigenvalue weighted by atomic mass is 10.4. The van der Waals surface area contributed by atoms with Crippen LogP contribution < -0.4 is 5.73 Å². The minimum Gasteiger partial charge on any atom is -0.395 e. The number of hydrogen-bond acceptors (Lipinski definition) is 8. The van der Waals surface area contributed by atoms with Gasteiger partial charge in [-0.2, -0.15) is 0 Å². The molecule has 0 saturated heterocycles. The second kappa shape index (κ2) is 5.56. The van der Waals surface area contributed by atoms with Gasteiger partial charge < -0.3 is 20.8 Å². The molecule has 16 heavy (non-hydrogen) atoms. The Bertz CT molecular complexity index is 288. The number of nitrogens with zero attached hydrogens (tertiary/aromatic N) is 3. The van der Waals surface area contributed by atoms with E-state index >= 15 is 0 Å². The number of aliphatic hydroxyl groups is 2. The highest BCUT2D eigenvalue weighted by molar-refractivity contribution is 5.16. The van der Waals surface area contributed by atoms with Gasteiger partial charge in [-0.1, -0.05) is 0 Å². The van der Waals surface area contributed by atoms with Crippen molar-refractivity contribution in [2.24, 2.45) is 5.73 Å². The number of nitrogens with two attached hydrogens (primary N) is 1. The Morgan fingerprint density at radius 3 is 2.12 bits per heavy atom. The second-order valence-electron chi connectivity index (χ2n) is 3.13. The lowest BCUT2D eigenvalue weighted by Gasteiger charge is -2.36. The highest BCUT2D eigenvalue weighted by Crippen LogP contribution is 2.16. The van der Waals surface area contributed by atoms with Crippen LogP contribution in [0.15, 0.2) is 23.8 Å². The average molecular weight is 232 g/mol. The average Bonchev–Trinajstić information content (AvgIpc) is 2.26. The molecule has 0 aromatic rings. The summed E-state index contributed by atoms with van der Waals surface area (Å²) in [6.45, 7) is 0.141. The van der Waals surface area contributed by atoms with Gasteiger partial charge in [0, 0.05) is 13.1 Å². The largest absolute Gasteiger partial charge is 0.395 e. The predicted molar refractivity (Wildman–Crippen MR) is 53.3 cm³/mol. The van der Waals surface area contributed by atoms with Crippen LogP contribution in [-0.4, -0.2) is 62.2 Å². The van der Waals surface area contributed by atoms with E-state index in [1.54, 1.807) is 0 Å². The summed E-state index contributed by atoms with van der Waals surface area (Å²) >= 11 is 0. The number of aliphatic hydroxyl groups excluding tert-OH is 2. The minimum absolute atomic E-state index is 0.0424. The number of hydroxylamine groups is 2. The van der Waals surface area contributed by atoms with Gasteiger partial charge in [0.05, 0.1) is 13.2 Å². The van der Waals surface area contributed by atoms with Gasteiger partial charge in [0.2, 0.25) is 0 Å². The minimum atomic E-state index is -0.143. The van der Waals surface area contributed by atoms with Gasteiger partial charge in [-0.3, -0.25) is 10.4 Å². The first-order valence-corrected chi connectivity index (χ1v) is 4.74. The first-order chi connectivity index (χ1) is 7.61. The Morgan fingerprint density at radius 2 is 1.62 bits per heavy atom. The third-order valence-electron chi connectivity index (χ3n) is 2.08. The Balaban J connectivity index is 2.83. The maximum Gasteiger partial charge on any atom is 0.156 e. The molecule has 92 valence electrons. The third kappa shape index (κ3) is 2.55. The van der Waals surface area contributed by atoms with Crippen LogP contribution in [0.5, 0.6) is 0 Å². The summed E-state index contributed by atoms with van der Waals surface area (Å²) in [5, 5.41) is 37.3. The number of hydrazine groups is 1. The summed E-state index contributed by atoms with van der Waals surface area (Å²) in [4.78, 5) is 1.49. The Morgan fingerprint density at radius 1 is 1.06 bits per heavy atom. The number of hydrogen-bond donors (Lipinski definition) is 5. The van der Waals surface area contributed by atoms with Gasteiger partial charge in [0.1, 0.15) is 0 Å². The topological polar surface area (TPSA) is 117 Å². The molecule has 8 heteroatoms. The summed E-state index contributed by atoms with van der Waals surface area (Å²) in [6.07, 6.45) is 2.86. The molecule has 0 amide bonds. The standard InChI is InChI=1S/C8H16N4O4/c9-7-1-2-8(12(16)11(7)15)10(3-5-13)4-6-14/h1-2,13-16H,3-6,9H2. The van der Waals surface area contributed by atoms with Crippen molar-refractivity contribution in [2.75, 3.05) is 26.3 Å². The van der Waals surface area contributed by atoms with E-state index in [0.717, 1.165) is 0 Å². The van der Waals surface area contributed by atoms with Crippen molar-refractivity contribution in [1.29, 1.82) is 0 Å². The molecule has 0 aromatic heterocycles. The van der Waals surface area contributed by atoms with E-state index in [2.05, 4.69) is 0 Å². The molecule has 1 heterocycles. The second-order valence-corrected chi connectivity index (χ2v) is 3.13. The summed E-state index contributed by atoms with van der Waals surface area (Å²) in [6, 6.07) is 0. The molecule has 0 aliphatic carbocycles. The van der Waals surface area contributed by atoms with Crippen LogP contribution in [0.3, 0.4) is 0 Å². The van der Waals surface area contributed by atoms with Gasteiger partial charge in [-0.25, -0.2) is 0 Å². The molecule has 8 nitrogen and oxygen atoms in total. The summed E-state index contributed by atoms with van der Waals surface area (Å²) in [7, 11) is 0. The quantitative estimate of drug-likeness (QED) is 0.378. The molecular weight excluding hydrogens is 216 g/mol. The predicted octanol–water partition coefficient (Wildman–Crippen LogP) is -1.77. The zero-order chi connectivity index (χ0) is 12.1. The van der Waals surface area contributed by atoms with Crippen LogP contribution in [0, 0.1) is 0 Å². The van der Waals surface area contributed by atoms with Crippen molar-refractivity contribution in [1.82, 2.24) is 15.2 Å². The van der Waals surface area contributed by atoms with Crippen molar-refractivity contribution in [3.63, 3.8) is 0 Å². The fourth-order valence-electron chi connectivity index (χ4n) is 1.31. The lowest BCUT2D eigenvalue weighted by molar-refractivity contribution is -0.339. The van der Waals surface area contributed by atoms with E-state index in [-0.39, 0.29) is 37.9 Å². The zero-order valence-electron chi connectivity index (χ0n) is 8.69. The van der Waals surface area contributed by atoms with Crippen LogP contribution in [-0.2, 0) is 0 Å². The normalized spacial score (nSPS) is 16.0. The Labute approximate surface area is 92.6 Å². The van der Waals surface area contributed by atoms with Gasteiger partial charge >= 0.3 is 0 Å². The maximum absolute atomic E-state index is 9.55. The third-order valence-corrected chi connectivity index (χ3v) is 2.08. The van der Waals surface area contributed by atoms with Crippen LogP contribution in [0.4, 0.5) is 0 Å². The molecule has 1 aliphatic heterocycles. The van der Waals surface area contributed by atoms with Gasteiger partial charge in [-0.15, -0.1) is 10.3 Å². The molecule has 0 atom stereocenters. The van der Waals surface area contributed by atoms with E-state index in [0.29, 0.717) is 10.3 Å². The highest BCUT2D eigenvalue weighted by Gasteiger charge is 2.23. The fraction of sp³-hybridized carbons (Fsp3) is 0.500. The van der Waals surface area contributed by atoms with Gasteiger partial charge in [0.15, 0.2) is 11.6 Å². The molecule has 0 radical (unpaired) electrons. The van der Waals surface area contributed by atoms with E-state index in [1.807, 2.05) is 0 Å². The molecule has 1 aliphatic rings. The summed E-state index contributed by atoms with van der Waals surface area (Å²) in [5.41, 5.74) is 5.35. The van der Waals surface area contributed by atoms with E-state index < -0.39 is 0 Å². The maximum atomic E-state index is 9.55. The smallest absolute Gasteiger partial charge is 0.156 e. The monoisotopic (exact) mass is 232 g/mol. The Hall–Kier alpha value is -1.48. The van der Waals surface area contributed by atoms with Crippen molar-refractivity contribution >= 4 is 0 Å².